The van der Waals surface area contributed by atoms with Gasteiger partial charge in [-0.25, -0.2) is 0 Å². The van der Waals surface area contributed by atoms with Crippen molar-refractivity contribution in [1.82, 2.24) is 9.78 Å². The SMILES string of the molecule is CCc1cc(CC)n(Cc2ccc([N+](=O)[O-])c(N)c2)n1. The number of aromatic nitrogens is 2. The third kappa shape index (κ3) is 2.79. The van der Waals surface area contributed by atoms with Gasteiger partial charge in [-0.3, -0.25) is 14.8 Å². The number of benzene rings is 1. The Hall–Kier alpha value is -2.37. The molecule has 0 radical (unpaired) electrons. The molecule has 2 rings (SSSR count). The summed E-state index contributed by atoms with van der Waals surface area (Å²) in [4.78, 5) is 10.3. The summed E-state index contributed by atoms with van der Waals surface area (Å²) in [7, 11) is 0. The lowest BCUT2D eigenvalue weighted by Gasteiger charge is -2.07. The summed E-state index contributed by atoms with van der Waals surface area (Å²) < 4.78 is 1.93. The minimum Gasteiger partial charge on any atom is -0.393 e. The molecule has 0 aliphatic rings. The van der Waals surface area contributed by atoms with Crippen LogP contribution in [-0.4, -0.2) is 14.7 Å². The summed E-state index contributed by atoms with van der Waals surface area (Å²) in [5.41, 5.74) is 8.95. The lowest BCUT2D eigenvalue weighted by molar-refractivity contribution is -0.383. The second-order valence-electron chi connectivity index (χ2n) is 4.64. The topological polar surface area (TPSA) is 87.0 Å². The molecule has 1 heterocycles. The van der Waals surface area contributed by atoms with Crippen LogP contribution in [0.25, 0.3) is 0 Å². The van der Waals surface area contributed by atoms with Crippen LogP contribution in [0.15, 0.2) is 24.3 Å². The molecular formula is C14H18N4O2. The van der Waals surface area contributed by atoms with Crippen molar-refractivity contribution in [3.8, 4) is 0 Å². The van der Waals surface area contributed by atoms with Crippen LogP contribution in [-0.2, 0) is 19.4 Å². The first-order valence-electron chi connectivity index (χ1n) is 6.63. The molecule has 0 atom stereocenters. The zero-order valence-electron chi connectivity index (χ0n) is 11.7. The Morgan fingerprint density at radius 2 is 2.05 bits per heavy atom. The molecule has 2 aromatic rings. The highest BCUT2D eigenvalue weighted by atomic mass is 16.6. The number of nitro benzene ring substituents is 1. The van der Waals surface area contributed by atoms with E-state index < -0.39 is 4.92 Å². The molecule has 6 heteroatoms. The summed E-state index contributed by atoms with van der Waals surface area (Å²) in [5.74, 6) is 0. The van der Waals surface area contributed by atoms with Crippen molar-refractivity contribution in [2.24, 2.45) is 0 Å². The van der Waals surface area contributed by atoms with Crippen LogP contribution in [0.2, 0.25) is 0 Å². The van der Waals surface area contributed by atoms with E-state index in [1.165, 1.54) is 6.07 Å². The maximum Gasteiger partial charge on any atom is 0.292 e. The predicted molar refractivity (Wildman–Crippen MR) is 77.6 cm³/mol. The third-order valence-electron chi connectivity index (χ3n) is 3.26. The second kappa shape index (κ2) is 5.73. The number of rotatable bonds is 5. The van der Waals surface area contributed by atoms with Crippen molar-refractivity contribution in [2.75, 3.05) is 5.73 Å². The van der Waals surface area contributed by atoms with Crippen LogP contribution in [0.3, 0.4) is 0 Å². The van der Waals surface area contributed by atoms with Gasteiger partial charge in [0.1, 0.15) is 5.69 Å². The average Bonchev–Trinajstić information content (AvgIpc) is 2.80. The minimum atomic E-state index is -0.473. The largest absolute Gasteiger partial charge is 0.393 e. The first-order valence-corrected chi connectivity index (χ1v) is 6.63. The van der Waals surface area contributed by atoms with E-state index in [4.69, 9.17) is 5.73 Å². The van der Waals surface area contributed by atoms with Crippen molar-refractivity contribution in [2.45, 2.75) is 33.2 Å². The highest BCUT2D eigenvalue weighted by Gasteiger charge is 2.12. The average molecular weight is 274 g/mol. The quantitative estimate of drug-likeness (QED) is 0.515. The standard InChI is InChI=1S/C14H18N4O2/c1-3-11-8-12(4-2)17(16-11)9-10-5-6-14(18(19)20)13(15)7-10/h5-8H,3-4,9,15H2,1-2H3. The summed E-state index contributed by atoms with van der Waals surface area (Å²) in [6.45, 7) is 4.72. The van der Waals surface area contributed by atoms with E-state index in [9.17, 15) is 10.1 Å². The van der Waals surface area contributed by atoms with Gasteiger partial charge in [0, 0.05) is 11.8 Å². The molecule has 106 valence electrons. The summed E-state index contributed by atoms with van der Waals surface area (Å²) >= 11 is 0. The molecule has 1 aromatic carbocycles. The summed E-state index contributed by atoms with van der Waals surface area (Å²) in [6.07, 6.45) is 1.79. The number of anilines is 1. The monoisotopic (exact) mass is 274 g/mol. The highest BCUT2D eigenvalue weighted by Crippen LogP contribution is 2.22. The number of nitrogens with zero attached hydrogens (tertiary/aromatic N) is 3. The number of hydrogen-bond donors (Lipinski definition) is 1. The van der Waals surface area contributed by atoms with Gasteiger partial charge < -0.3 is 5.73 Å². The van der Waals surface area contributed by atoms with Gasteiger partial charge in [0.15, 0.2) is 0 Å². The molecule has 0 aliphatic carbocycles. The Balaban J connectivity index is 2.28. The molecule has 20 heavy (non-hydrogen) atoms. The number of nitrogen functional groups attached to an aromatic ring is 1. The lowest BCUT2D eigenvalue weighted by Crippen LogP contribution is -2.07. The highest BCUT2D eigenvalue weighted by molar-refractivity contribution is 5.59. The van der Waals surface area contributed by atoms with Crippen molar-refractivity contribution in [1.29, 1.82) is 0 Å². The van der Waals surface area contributed by atoms with Crippen LogP contribution in [0, 0.1) is 10.1 Å². The lowest BCUT2D eigenvalue weighted by atomic mass is 10.1. The molecule has 0 fully saturated rings. The van der Waals surface area contributed by atoms with Gasteiger partial charge in [0.2, 0.25) is 0 Å². The molecule has 0 bridgehead atoms. The van der Waals surface area contributed by atoms with Gasteiger partial charge in [-0.1, -0.05) is 19.9 Å². The van der Waals surface area contributed by atoms with Gasteiger partial charge >= 0.3 is 0 Å². The van der Waals surface area contributed by atoms with Gasteiger partial charge in [-0.05, 0) is 30.5 Å². The number of aryl methyl sites for hydroxylation is 2. The molecule has 6 nitrogen and oxygen atoms in total. The molecule has 0 saturated heterocycles. The fourth-order valence-electron chi connectivity index (χ4n) is 2.15. The smallest absolute Gasteiger partial charge is 0.292 e. The van der Waals surface area contributed by atoms with Crippen molar-refractivity contribution in [3.63, 3.8) is 0 Å². The Kier molecular flexibility index (Phi) is 4.02. The minimum absolute atomic E-state index is 0.0563. The van der Waals surface area contributed by atoms with Crippen LogP contribution < -0.4 is 5.73 Å². The fraction of sp³-hybridized carbons (Fsp3) is 0.357. The zero-order valence-corrected chi connectivity index (χ0v) is 11.7. The van der Waals surface area contributed by atoms with Crippen molar-refractivity contribution >= 4 is 11.4 Å². The molecule has 0 amide bonds. The van der Waals surface area contributed by atoms with Gasteiger partial charge in [0.05, 0.1) is 17.2 Å². The van der Waals surface area contributed by atoms with E-state index in [-0.39, 0.29) is 11.4 Å². The van der Waals surface area contributed by atoms with Gasteiger partial charge in [-0.2, -0.15) is 5.10 Å². The Labute approximate surface area is 117 Å². The fourth-order valence-corrected chi connectivity index (χ4v) is 2.15. The number of hydrogen-bond acceptors (Lipinski definition) is 4. The molecule has 1 aromatic heterocycles. The molecular weight excluding hydrogens is 256 g/mol. The summed E-state index contributed by atoms with van der Waals surface area (Å²) in [5, 5.41) is 15.3. The normalized spacial score (nSPS) is 10.7. The number of nitro groups is 1. The van der Waals surface area contributed by atoms with Crippen LogP contribution in [0.5, 0.6) is 0 Å². The van der Waals surface area contributed by atoms with E-state index in [0.29, 0.717) is 6.54 Å². The third-order valence-corrected chi connectivity index (χ3v) is 3.26. The first-order chi connectivity index (χ1) is 9.55. The van der Waals surface area contributed by atoms with E-state index in [2.05, 4.69) is 25.0 Å². The van der Waals surface area contributed by atoms with E-state index in [1.54, 1.807) is 12.1 Å². The molecule has 0 spiro atoms. The van der Waals surface area contributed by atoms with E-state index in [0.717, 1.165) is 29.8 Å². The maximum atomic E-state index is 10.7. The van der Waals surface area contributed by atoms with E-state index >= 15 is 0 Å². The Morgan fingerprint density at radius 1 is 1.30 bits per heavy atom. The molecule has 0 aliphatic heterocycles. The van der Waals surface area contributed by atoms with Gasteiger partial charge in [0.25, 0.3) is 5.69 Å². The second-order valence-corrected chi connectivity index (χ2v) is 4.64. The van der Waals surface area contributed by atoms with E-state index in [1.807, 2.05) is 4.68 Å². The number of nitrogens with two attached hydrogens (primary N) is 1. The zero-order chi connectivity index (χ0) is 14.7. The molecule has 2 N–H and O–H groups in total. The van der Waals surface area contributed by atoms with Crippen LogP contribution >= 0.6 is 0 Å². The molecule has 0 saturated carbocycles. The maximum absolute atomic E-state index is 10.7. The van der Waals surface area contributed by atoms with Gasteiger partial charge in [-0.15, -0.1) is 0 Å². The van der Waals surface area contributed by atoms with Crippen molar-refractivity contribution < 1.29 is 4.92 Å². The summed E-state index contributed by atoms with van der Waals surface area (Å²) in [6, 6.07) is 6.90. The predicted octanol–water partition coefficient (Wildman–Crippen LogP) is 2.55. The van der Waals surface area contributed by atoms with Crippen LogP contribution in [0.4, 0.5) is 11.4 Å². The van der Waals surface area contributed by atoms with Crippen LogP contribution in [0.1, 0.15) is 30.8 Å². The first kappa shape index (κ1) is 14.0. The Bertz CT molecular complexity index is 634. The van der Waals surface area contributed by atoms with Crippen molar-refractivity contribution in [3.05, 3.63) is 51.3 Å². The molecule has 0 unspecified atom stereocenters. The Morgan fingerprint density at radius 3 is 2.60 bits per heavy atom.